The van der Waals surface area contributed by atoms with Gasteiger partial charge in [0.05, 0.1) is 0 Å². The van der Waals surface area contributed by atoms with Gasteiger partial charge in [0.2, 0.25) is 5.91 Å². The van der Waals surface area contributed by atoms with Crippen LogP contribution in [0.15, 0.2) is 0 Å². The van der Waals surface area contributed by atoms with E-state index in [9.17, 15) is 4.79 Å². The number of hydrazine groups is 1. The molecule has 1 unspecified atom stereocenters. The Bertz CT molecular complexity index is 239. The van der Waals surface area contributed by atoms with Crippen molar-refractivity contribution in [2.75, 3.05) is 33.2 Å². The highest BCUT2D eigenvalue weighted by atomic mass is 16.2. The molecule has 1 atom stereocenters. The van der Waals surface area contributed by atoms with E-state index < -0.39 is 0 Å². The van der Waals surface area contributed by atoms with Gasteiger partial charge in [-0.05, 0) is 39.5 Å². The molecule has 0 radical (unpaired) electrons. The number of amides is 1. The van der Waals surface area contributed by atoms with Gasteiger partial charge < -0.3 is 9.80 Å². The van der Waals surface area contributed by atoms with E-state index in [-0.39, 0.29) is 11.8 Å². The molecule has 0 saturated carbocycles. The van der Waals surface area contributed by atoms with Crippen LogP contribution in [0.25, 0.3) is 0 Å². The molecule has 1 fully saturated rings. The fraction of sp³-hybridized carbons (Fsp3) is 0.917. The van der Waals surface area contributed by atoms with E-state index in [1.165, 1.54) is 25.9 Å². The van der Waals surface area contributed by atoms with E-state index in [0.29, 0.717) is 6.04 Å². The number of nitrogens with zero attached hydrogens (tertiary/aromatic N) is 2. The van der Waals surface area contributed by atoms with Crippen LogP contribution in [-0.2, 0) is 4.79 Å². The van der Waals surface area contributed by atoms with Crippen LogP contribution < -0.4 is 11.3 Å². The summed E-state index contributed by atoms with van der Waals surface area (Å²) >= 11 is 0. The van der Waals surface area contributed by atoms with E-state index in [4.69, 9.17) is 5.84 Å². The van der Waals surface area contributed by atoms with Gasteiger partial charge in [-0.15, -0.1) is 0 Å². The van der Waals surface area contributed by atoms with Gasteiger partial charge in [0.15, 0.2) is 0 Å². The molecule has 0 aromatic heterocycles. The minimum atomic E-state index is -0.0807. The lowest BCUT2D eigenvalue weighted by molar-refractivity contribution is -0.125. The number of carbonyl (C=O) groups excluding carboxylic acids is 1. The lowest BCUT2D eigenvalue weighted by atomic mass is 10.0. The molecule has 0 bridgehead atoms. The summed E-state index contributed by atoms with van der Waals surface area (Å²) in [6.45, 7) is 8.38. The summed E-state index contributed by atoms with van der Waals surface area (Å²) < 4.78 is 0. The lowest BCUT2D eigenvalue weighted by Gasteiger charge is -2.37. The summed E-state index contributed by atoms with van der Waals surface area (Å²) in [5.74, 6) is 5.01. The molecule has 3 N–H and O–H groups in total. The van der Waals surface area contributed by atoms with Gasteiger partial charge in [-0.25, -0.2) is 5.84 Å². The number of hydrogen-bond donors (Lipinski definition) is 2. The largest absolute Gasteiger partial charge is 0.303 e. The van der Waals surface area contributed by atoms with Crippen LogP contribution in [0.2, 0.25) is 0 Å². The summed E-state index contributed by atoms with van der Waals surface area (Å²) in [7, 11) is 2.10. The van der Waals surface area contributed by atoms with Crippen LogP contribution in [0.4, 0.5) is 0 Å². The van der Waals surface area contributed by atoms with Gasteiger partial charge in [0.25, 0.3) is 0 Å². The van der Waals surface area contributed by atoms with Crippen LogP contribution in [0.3, 0.4) is 0 Å². The molecule has 0 aromatic carbocycles. The Labute approximate surface area is 104 Å². The lowest BCUT2D eigenvalue weighted by Crippen LogP contribution is -2.46. The normalized spacial score (nSPS) is 20.5. The standard InChI is InChI=1S/C12H26N4O/c1-4-16-7-5-11(6-8-16)15(3)9-10(2)12(17)14-13/h10-11H,4-9,13H2,1-3H3,(H,14,17). The highest BCUT2D eigenvalue weighted by Gasteiger charge is 2.23. The maximum atomic E-state index is 11.4. The predicted molar refractivity (Wildman–Crippen MR) is 69.3 cm³/mol. The molecule has 0 aromatic rings. The Morgan fingerprint density at radius 3 is 2.59 bits per heavy atom. The summed E-state index contributed by atoms with van der Waals surface area (Å²) in [6.07, 6.45) is 2.39. The quantitative estimate of drug-likeness (QED) is 0.406. The fourth-order valence-corrected chi connectivity index (χ4v) is 2.48. The molecule has 17 heavy (non-hydrogen) atoms. The fourth-order valence-electron chi connectivity index (χ4n) is 2.48. The van der Waals surface area contributed by atoms with E-state index in [0.717, 1.165) is 13.1 Å². The summed E-state index contributed by atoms with van der Waals surface area (Å²) in [6, 6.07) is 0.603. The summed E-state index contributed by atoms with van der Waals surface area (Å²) in [5.41, 5.74) is 2.22. The smallest absolute Gasteiger partial charge is 0.237 e. The van der Waals surface area contributed by atoms with Gasteiger partial charge >= 0.3 is 0 Å². The van der Waals surface area contributed by atoms with E-state index in [1.807, 2.05) is 6.92 Å². The number of nitrogens with two attached hydrogens (primary N) is 1. The molecule has 0 spiro atoms. The minimum absolute atomic E-state index is 0.0470. The van der Waals surface area contributed by atoms with Gasteiger partial charge in [-0.2, -0.15) is 0 Å². The van der Waals surface area contributed by atoms with Crippen molar-refractivity contribution in [3.63, 3.8) is 0 Å². The van der Waals surface area contributed by atoms with Gasteiger partial charge in [-0.3, -0.25) is 10.2 Å². The van der Waals surface area contributed by atoms with Crippen molar-refractivity contribution in [1.82, 2.24) is 15.2 Å². The maximum Gasteiger partial charge on any atom is 0.237 e. The number of piperidine rings is 1. The van der Waals surface area contributed by atoms with Gasteiger partial charge in [0.1, 0.15) is 0 Å². The Balaban J connectivity index is 2.33. The summed E-state index contributed by atoms with van der Waals surface area (Å²) in [5, 5.41) is 0. The van der Waals surface area contributed by atoms with E-state index >= 15 is 0 Å². The van der Waals surface area contributed by atoms with Crippen molar-refractivity contribution < 1.29 is 4.79 Å². The van der Waals surface area contributed by atoms with Crippen LogP contribution >= 0.6 is 0 Å². The highest BCUT2D eigenvalue weighted by Crippen LogP contribution is 2.16. The Kier molecular flexibility index (Phi) is 5.88. The molecule has 5 nitrogen and oxygen atoms in total. The second-order valence-corrected chi connectivity index (χ2v) is 5.01. The monoisotopic (exact) mass is 242 g/mol. The van der Waals surface area contributed by atoms with Crippen molar-refractivity contribution >= 4 is 5.91 Å². The number of hydrogen-bond acceptors (Lipinski definition) is 4. The molecule has 1 rings (SSSR count). The van der Waals surface area contributed by atoms with Crippen molar-refractivity contribution in [3.8, 4) is 0 Å². The molecular weight excluding hydrogens is 216 g/mol. The number of likely N-dealkylation sites (tertiary alicyclic amines) is 1. The third-order valence-electron chi connectivity index (χ3n) is 3.78. The highest BCUT2D eigenvalue weighted by molar-refractivity contribution is 5.77. The zero-order chi connectivity index (χ0) is 12.8. The zero-order valence-electron chi connectivity index (χ0n) is 11.3. The van der Waals surface area contributed by atoms with E-state index in [2.05, 4.69) is 29.2 Å². The van der Waals surface area contributed by atoms with Gasteiger partial charge in [-0.1, -0.05) is 13.8 Å². The van der Waals surface area contributed by atoms with Crippen LogP contribution in [0.1, 0.15) is 26.7 Å². The average molecular weight is 242 g/mol. The molecule has 1 saturated heterocycles. The molecule has 1 heterocycles. The first-order chi connectivity index (χ1) is 8.08. The van der Waals surface area contributed by atoms with E-state index in [1.54, 1.807) is 0 Å². The molecule has 1 aliphatic heterocycles. The average Bonchev–Trinajstić information content (AvgIpc) is 2.37. The first-order valence-corrected chi connectivity index (χ1v) is 6.51. The first-order valence-electron chi connectivity index (χ1n) is 6.51. The number of rotatable bonds is 5. The molecule has 5 heteroatoms. The third-order valence-corrected chi connectivity index (χ3v) is 3.78. The molecular formula is C12H26N4O. The van der Waals surface area contributed by atoms with Crippen molar-refractivity contribution in [1.29, 1.82) is 0 Å². The van der Waals surface area contributed by atoms with Gasteiger partial charge in [0, 0.05) is 18.5 Å². The topological polar surface area (TPSA) is 61.6 Å². The molecule has 0 aliphatic carbocycles. The first kappa shape index (κ1) is 14.4. The minimum Gasteiger partial charge on any atom is -0.303 e. The third kappa shape index (κ3) is 4.26. The Morgan fingerprint density at radius 1 is 1.53 bits per heavy atom. The Morgan fingerprint density at radius 2 is 2.12 bits per heavy atom. The van der Waals surface area contributed by atoms with Crippen molar-refractivity contribution in [2.45, 2.75) is 32.7 Å². The number of nitrogens with one attached hydrogen (secondary N) is 1. The van der Waals surface area contributed by atoms with Crippen LogP contribution in [-0.4, -0.2) is 55.0 Å². The second-order valence-electron chi connectivity index (χ2n) is 5.01. The maximum absolute atomic E-state index is 11.4. The van der Waals surface area contributed by atoms with Crippen LogP contribution in [0, 0.1) is 5.92 Å². The molecule has 1 aliphatic rings. The predicted octanol–water partition coefficient (Wildman–Crippen LogP) is 0.0285. The molecule has 100 valence electrons. The molecule has 1 amide bonds. The zero-order valence-corrected chi connectivity index (χ0v) is 11.3. The Hall–Kier alpha value is -0.650. The number of carbonyl (C=O) groups is 1. The SMILES string of the molecule is CCN1CCC(N(C)CC(C)C(=O)NN)CC1. The summed E-state index contributed by atoms with van der Waals surface area (Å²) in [4.78, 5) is 16.1. The second kappa shape index (κ2) is 6.93. The van der Waals surface area contributed by atoms with Crippen molar-refractivity contribution in [2.24, 2.45) is 11.8 Å². The van der Waals surface area contributed by atoms with Crippen LogP contribution in [0.5, 0.6) is 0 Å². The van der Waals surface area contributed by atoms with Crippen molar-refractivity contribution in [3.05, 3.63) is 0 Å².